The molecular formula is C19H15BrN4O3S. The van der Waals surface area contributed by atoms with Gasteiger partial charge in [-0.1, -0.05) is 45.9 Å². The van der Waals surface area contributed by atoms with Crippen LogP contribution in [-0.4, -0.2) is 31.2 Å². The predicted molar refractivity (Wildman–Crippen MR) is 112 cm³/mol. The number of carbonyl (C=O) groups excluding carboxylic acids is 1. The number of thioether (sulfide) groups is 1. The van der Waals surface area contributed by atoms with E-state index in [2.05, 4.69) is 32.7 Å². The van der Waals surface area contributed by atoms with Crippen LogP contribution in [-0.2, 0) is 6.54 Å². The molecule has 0 N–H and O–H groups in total. The maximum atomic E-state index is 12.4. The summed E-state index contributed by atoms with van der Waals surface area (Å²) in [6, 6.07) is 13.3. The van der Waals surface area contributed by atoms with Crippen LogP contribution in [0.5, 0.6) is 0 Å². The number of rotatable bonds is 8. The largest absolute Gasteiger partial charge is 0.298 e. The fourth-order valence-electron chi connectivity index (χ4n) is 2.48. The van der Waals surface area contributed by atoms with Crippen molar-refractivity contribution in [1.29, 1.82) is 0 Å². The highest BCUT2D eigenvalue weighted by Gasteiger charge is 2.16. The van der Waals surface area contributed by atoms with Crippen molar-refractivity contribution in [2.45, 2.75) is 11.7 Å². The number of non-ortho nitro benzene ring substituents is 1. The lowest BCUT2D eigenvalue weighted by atomic mass is 10.2. The first-order valence-corrected chi connectivity index (χ1v) is 9.98. The molecule has 0 fully saturated rings. The van der Waals surface area contributed by atoms with E-state index in [0.29, 0.717) is 28.7 Å². The maximum Gasteiger partial charge on any atom is 0.269 e. The van der Waals surface area contributed by atoms with Gasteiger partial charge in [0.05, 0.1) is 10.7 Å². The number of aromatic nitrogens is 3. The molecule has 7 nitrogen and oxygen atoms in total. The Bertz CT molecular complexity index is 1020. The normalized spacial score (nSPS) is 10.6. The van der Waals surface area contributed by atoms with Gasteiger partial charge in [0.1, 0.15) is 0 Å². The second kappa shape index (κ2) is 8.94. The summed E-state index contributed by atoms with van der Waals surface area (Å²) in [7, 11) is 0. The first kappa shape index (κ1) is 20.0. The fraction of sp³-hybridized carbons (Fsp3) is 0.105. The summed E-state index contributed by atoms with van der Waals surface area (Å²) in [6.45, 7) is 4.21. The van der Waals surface area contributed by atoms with E-state index in [1.807, 2.05) is 16.7 Å². The van der Waals surface area contributed by atoms with Gasteiger partial charge in [-0.25, -0.2) is 0 Å². The van der Waals surface area contributed by atoms with Gasteiger partial charge in [0, 0.05) is 34.3 Å². The second-order valence-electron chi connectivity index (χ2n) is 5.73. The third kappa shape index (κ3) is 4.55. The summed E-state index contributed by atoms with van der Waals surface area (Å²) in [6.07, 6.45) is 1.71. The van der Waals surface area contributed by atoms with E-state index in [1.54, 1.807) is 30.3 Å². The molecule has 1 aromatic heterocycles. The van der Waals surface area contributed by atoms with Crippen molar-refractivity contribution in [3.05, 3.63) is 81.3 Å². The molecule has 0 aliphatic heterocycles. The summed E-state index contributed by atoms with van der Waals surface area (Å²) in [5, 5.41) is 19.8. The van der Waals surface area contributed by atoms with E-state index in [-0.39, 0.29) is 17.2 Å². The quantitative estimate of drug-likeness (QED) is 0.158. The average Bonchev–Trinajstić information content (AvgIpc) is 3.09. The van der Waals surface area contributed by atoms with Crippen molar-refractivity contribution >= 4 is 39.2 Å². The summed E-state index contributed by atoms with van der Waals surface area (Å²) in [5.74, 6) is 0.771. The van der Waals surface area contributed by atoms with Crippen molar-refractivity contribution < 1.29 is 9.72 Å². The van der Waals surface area contributed by atoms with Gasteiger partial charge in [0.25, 0.3) is 5.69 Å². The number of benzene rings is 2. The van der Waals surface area contributed by atoms with E-state index in [1.165, 1.54) is 23.9 Å². The highest BCUT2D eigenvalue weighted by atomic mass is 79.9. The molecule has 0 saturated carbocycles. The molecule has 0 bridgehead atoms. The number of Topliss-reactive ketones (excluding diaryl/α,β-unsaturated/α-hetero) is 1. The Labute approximate surface area is 173 Å². The van der Waals surface area contributed by atoms with Gasteiger partial charge in [-0.3, -0.25) is 19.5 Å². The van der Waals surface area contributed by atoms with E-state index >= 15 is 0 Å². The van der Waals surface area contributed by atoms with Crippen LogP contribution < -0.4 is 0 Å². The molecule has 0 unspecified atom stereocenters. The summed E-state index contributed by atoms with van der Waals surface area (Å²) in [4.78, 5) is 22.8. The second-order valence-corrected chi connectivity index (χ2v) is 7.59. The Hall–Kier alpha value is -2.78. The molecule has 0 saturated heterocycles. The molecule has 9 heteroatoms. The van der Waals surface area contributed by atoms with Gasteiger partial charge in [0.2, 0.25) is 0 Å². The maximum absolute atomic E-state index is 12.4. The fourth-order valence-corrected chi connectivity index (χ4v) is 3.59. The molecule has 0 aliphatic rings. The lowest BCUT2D eigenvalue weighted by Crippen LogP contribution is -2.05. The average molecular weight is 459 g/mol. The van der Waals surface area contributed by atoms with E-state index in [9.17, 15) is 14.9 Å². The SMILES string of the molecule is C=CCn1c(SCC(=O)c2ccc(Br)cc2)nnc1-c1ccc([N+](=O)[O-])cc1. The Balaban J connectivity index is 1.80. The molecule has 0 amide bonds. The molecule has 28 heavy (non-hydrogen) atoms. The number of halogens is 1. The number of hydrogen-bond acceptors (Lipinski definition) is 6. The lowest BCUT2D eigenvalue weighted by molar-refractivity contribution is -0.384. The molecule has 0 aliphatic carbocycles. The number of nitro benzene ring substituents is 1. The molecule has 2 aromatic carbocycles. The minimum atomic E-state index is -0.451. The monoisotopic (exact) mass is 458 g/mol. The van der Waals surface area contributed by atoms with Crippen molar-refractivity contribution in [3.63, 3.8) is 0 Å². The first-order chi connectivity index (χ1) is 13.5. The third-order valence-electron chi connectivity index (χ3n) is 3.86. The Morgan fingerprint density at radius 2 is 1.86 bits per heavy atom. The molecule has 1 heterocycles. The minimum Gasteiger partial charge on any atom is -0.298 e. The van der Waals surface area contributed by atoms with Crippen LogP contribution in [0.15, 0.2) is 70.8 Å². The first-order valence-electron chi connectivity index (χ1n) is 8.20. The highest BCUT2D eigenvalue weighted by molar-refractivity contribution is 9.10. The van der Waals surface area contributed by atoms with Crippen LogP contribution >= 0.6 is 27.7 Å². The number of nitro groups is 1. The van der Waals surface area contributed by atoms with Crippen molar-refractivity contribution in [2.24, 2.45) is 0 Å². The number of hydrogen-bond donors (Lipinski definition) is 0. The number of nitrogens with zero attached hydrogens (tertiary/aromatic N) is 4. The topological polar surface area (TPSA) is 90.9 Å². The standard InChI is InChI=1S/C19H15BrN4O3S/c1-2-11-23-18(14-5-9-16(10-6-14)24(26)27)21-22-19(23)28-12-17(25)13-3-7-15(20)8-4-13/h2-10H,1,11-12H2. The summed E-state index contributed by atoms with van der Waals surface area (Å²) >= 11 is 4.64. The highest BCUT2D eigenvalue weighted by Crippen LogP contribution is 2.26. The Kier molecular flexibility index (Phi) is 6.37. The predicted octanol–water partition coefficient (Wildman–Crippen LogP) is 4.78. The van der Waals surface area contributed by atoms with Gasteiger partial charge in [-0.2, -0.15) is 0 Å². The molecular weight excluding hydrogens is 444 g/mol. The lowest BCUT2D eigenvalue weighted by Gasteiger charge is -2.07. The summed E-state index contributed by atoms with van der Waals surface area (Å²) in [5.41, 5.74) is 1.33. The molecule has 142 valence electrons. The van der Waals surface area contributed by atoms with Gasteiger partial charge in [-0.15, -0.1) is 16.8 Å². The summed E-state index contributed by atoms with van der Waals surface area (Å²) < 4.78 is 2.74. The third-order valence-corrected chi connectivity index (χ3v) is 5.36. The van der Waals surface area contributed by atoms with E-state index < -0.39 is 4.92 Å². The van der Waals surface area contributed by atoms with Crippen molar-refractivity contribution in [2.75, 3.05) is 5.75 Å². The van der Waals surface area contributed by atoms with Gasteiger partial charge in [0.15, 0.2) is 16.8 Å². The molecule has 3 aromatic rings. The van der Waals surface area contributed by atoms with Gasteiger partial charge in [-0.05, 0) is 24.3 Å². The van der Waals surface area contributed by atoms with Crippen LogP contribution in [0.25, 0.3) is 11.4 Å². The van der Waals surface area contributed by atoms with Crippen LogP contribution in [0.1, 0.15) is 10.4 Å². The Morgan fingerprint density at radius 3 is 2.46 bits per heavy atom. The molecule has 3 rings (SSSR count). The zero-order valence-electron chi connectivity index (χ0n) is 14.6. The minimum absolute atomic E-state index is 0.00762. The molecule has 0 radical (unpaired) electrons. The smallest absolute Gasteiger partial charge is 0.269 e. The van der Waals surface area contributed by atoms with Crippen LogP contribution in [0.4, 0.5) is 5.69 Å². The van der Waals surface area contributed by atoms with Gasteiger partial charge >= 0.3 is 0 Å². The number of ketones is 1. The van der Waals surface area contributed by atoms with E-state index in [0.717, 1.165) is 4.47 Å². The zero-order chi connectivity index (χ0) is 20.1. The van der Waals surface area contributed by atoms with Crippen LogP contribution in [0, 0.1) is 10.1 Å². The van der Waals surface area contributed by atoms with Gasteiger partial charge < -0.3 is 0 Å². The van der Waals surface area contributed by atoms with Crippen LogP contribution in [0.3, 0.4) is 0 Å². The van der Waals surface area contributed by atoms with Crippen molar-refractivity contribution in [3.8, 4) is 11.4 Å². The van der Waals surface area contributed by atoms with Crippen LogP contribution in [0.2, 0.25) is 0 Å². The number of carbonyl (C=O) groups is 1. The van der Waals surface area contributed by atoms with E-state index in [4.69, 9.17) is 0 Å². The zero-order valence-corrected chi connectivity index (χ0v) is 17.0. The number of allylic oxidation sites excluding steroid dienone is 1. The van der Waals surface area contributed by atoms with Crippen molar-refractivity contribution in [1.82, 2.24) is 14.8 Å². The molecule has 0 atom stereocenters. The Morgan fingerprint density at radius 1 is 1.18 bits per heavy atom. The molecule has 0 spiro atoms.